The molecule has 0 aliphatic carbocycles. The minimum atomic E-state index is -0.493. The van der Waals surface area contributed by atoms with Crippen molar-refractivity contribution in [2.75, 3.05) is 0 Å². The van der Waals surface area contributed by atoms with Crippen molar-refractivity contribution in [1.82, 2.24) is 4.98 Å². The second-order valence-electron chi connectivity index (χ2n) is 3.32. The Bertz CT molecular complexity index is 534. The first kappa shape index (κ1) is 12.0. The summed E-state index contributed by atoms with van der Waals surface area (Å²) in [6, 6.07) is 6.10. The molecule has 0 aliphatic rings. The zero-order chi connectivity index (χ0) is 12.3. The second-order valence-corrected chi connectivity index (χ2v) is 4.23. The minimum absolute atomic E-state index is 0.132. The zero-order valence-corrected chi connectivity index (χ0v) is 10.3. The number of aliphatic hydroxyl groups is 1. The van der Waals surface area contributed by atoms with Gasteiger partial charge in [0.1, 0.15) is 17.3 Å². The molecule has 0 amide bonds. The van der Waals surface area contributed by atoms with Crippen LogP contribution in [0.25, 0.3) is 0 Å². The predicted octanol–water partition coefficient (Wildman–Crippen LogP) is 3.27. The van der Waals surface area contributed by atoms with Crippen molar-refractivity contribution in [2.24, 2.45) is 0 Å². The molecule has 1 heterocycles. The van der Waals surface area contributed by atoms with Crippen molar-refractivity contribution in [1.29, 1.82) is 0 Å². The number of hydrogen-bond donors (Lipinski definition) is 1. The van der Waals surface area contributed by atoms with Crippen LogP contribution >= 0.6 is 15.9 Å². The smallest absolute Gasteiger partial charge is 0.146 e. The predicted molar refractivity (Wildman–Crippen MR) is 64.3 cm³/mol. The van der Waals surface area contributed by atoms with Crippen LogP contribution in [0, 0.1) is 5.82 Å². The monoisotopic (exact) mass is 297 g/mol. The van der Waals surface area contributed by atoms with Crippen LogP contribution in [0.3, 0.4) is 0 Å². The molecule has 2 aromatic rings. The standard InChI is InChI=1S/C12H9BrFNO2/c13-8-4-9(6-15-5-8)17-12-3-1-2-11(14)10(12)7-16/h1-6,16H,7H2. The van der Waals surface area contributed by atoms with Gasteiger partial charge in [-0.1, -0.05) is 6.07 Å². The van der Waals surface area contributed by atoms with E-state index in [1.807, 2.05) is 0 Å². The molecular weight excluding hydrogens is 289 g/mol. The van der Waals surface area contributed by atoms with Crippen molar-refractivity contribution in [2.45, 2.75) is 6.61 Å². The highest BCUT2D eigenvalue weighted by Gasteiger charge is 2.09. The van der Waals surface area contributed by atoms with Gasteiger partial charge in [0.05, 0.1) is 18.4 Å². The molecule has 2 rings (SSSR count). The van der Waals surface area contributed by atoms with Gasteiger partial charge in [0.15, 0.2) is 0 Å². The summed E-state index contributed by atoms with van der Waals surface area (Å²) in [5.41, 5.74) is 0.132. The third kappa shape index (κ3) is 2.81. The van der Waals surface area contributed by atoms with Crippen molar-refractivity contribution < 1.29 is 14.2 Å². The minimum Gasteiger partial charge on any atom is -0.455 e. The SMILES string of the molecule is OCc1c(F)cccc1Oc1cncc(Br)c1. The Morgan fingerprint density at radius 2 is 2.18 bits per heavy atom. The van der Waals surface area contributed by atoms with Crippen LogP contribution < -0.4 is 4.74 Å². The Balaban J connectivity index is 2.33. The number of pyridine rings is 1. The Hall–Kier alpha value is -1.46. The fraction of sp³-hybridized carbons (Fsp3) is 0.0833. The fourth-order valence-corrected chi connectivity index (χ4v) is 1.71. The molecule has 0 saturated carbocycles. The summed E-state index contributed by atoms with van der Waals surface area (Å²) < 4.78 is 19.6. The number of halogens is 2. The van der Waals surface area contributed by atoms with Gasteiger partial charge in [0.25, 0.3) is 0 Å². The van der Waals surface area contributed by atoms with Crippen molar-refractivity contribution >= 4 is 15.9 Å². The van der Waals surface area contributed by atoms with E-state index >= 15 is 0 Å². The Labute approximate surface area is 106 Å². The number of nitrogens with zero attached hydrogens (tertiary/aromatic N) is 1. The molecule has 88 valence electrons. The average Bonchev–Trinajstić information content (AvgIpc) is 2.29. The van der Waals surface area contributed by atoms with Crippen LogP contribution in [0.4, 0.5) is 4.39 Å². The first-order chi connectivity index (χ1) is 8.20. The van der Waals surface area contributed by atoms with E-state index in [0.717, 1.165) is 4.47 Å². The Morgan fingerprint density at radius 3 is 2.88 bits per heavy atom. The summed E-state index contributed by atoms with van der Waals surface area (Å²) >= 11 is 3.26. The first-order valence-corrected chi connectivity index (χ1v) is 5.66. The van der Waals surface area contributed by atoms with Gasteiger partial charge in [-0.05, 0) is 34.1 Å². The highest BCUT2D eigenvalue weighted by atomic mass is 79.9. The van der Waals surface area contributed by atoms with E-state index in [2.05, 4.69) is 20.9 Å². The highest BCUT2D eigenvalue weighted by molar-refractivity contribution is 9.10. The van der Waals surface area contributed by atoms with Crippen LogP contribution in [-0.2, 0) is 6.61 Å². The van der Waals surface area contributed by atoms with Crippen LogP contribution in [0.5, 0.6) is 11.5 Å². The number of benzene rings is 1. The van der Waals surface area contributed by atoms with Gasteiger partial charge in [-0.15, -0.1) is 0 Å². The molecule has 1 aromatic heterocycles. The maximum Gasteiger partial charge on any atom is 0.146 e. The molecule has 0 saturated heterocycles. The topological polar surface area (TPSA) is 42.4 Å². The molecule has 1 N–H and O–H groups in total. The van der Waals surface area contributed by atoms with Crippen LogP contribution in [0.2, 0.25) is 0 Å². The average molecular weight is 298 g/mol. The first-order valence-electron chi connectivity index (χ1n) is 4.87. The lowest BCUT2D eigenvalue weighted by Crippen LogP contribution is -1.95. The van der Waals surface area contributed by atoms with Gasteiger partial charge in [0.2, 0.25) is 0 Å². The molecular formula is C12H9BrFNO2. The summed E-state index contributed by atoms with van der Waals surface area (Å²) in [5, 5.41) is 9.09. The summed E-state index contributed by atoms with van der Waals surface area (Å²) in [6.07, 6.45) is 3.13. The highest BCUT2D eigenvalue weighted by Crippen LogP contribution is 2.28. The van der Waals surface area contributed by atoms with Crippen LogP contribution in [0.15, 0.2) is 41.1 Å². The molecule has 0 spiro atoms. The van der Waals surface area contributed by atoms with Gasteiger partial charge < -0.3 is 9.84 Å². The van der Waals surface area contributed by atoms with Crippen molar-refractivity contribution in [3.05, 3.63) is 52.5 Å². The summed E-state index contributed by atoms with van der Waals surface area (Å²) in [4.78, 5) is 3.93. The Kier molecular flexibility index (Phi) is 3.71. The lowest BCUT2D eigenvalue weighted by Gasteiger charge is -2.10. The quantitative estimate of drug-likeness (QED) is 0.945. The molecule has 1 aromatic carbocycles. The molecule has 0 aliphatic heterocycles. The summed E-state index contributed by atoms with van der Waals surface area (Å²) in [6.45, 7) is -0.413. The van der Waals surface area contributed by atoms with E-state index < -0.39 is 12.4 Å². The fourth-order valence-electron chi connectivity index (χ4n) is 1.36. The van der Waals surface area contributed by atoms with E-state index in [1.54, 1.807) is 18.3 Å². The molecule has 0 atom stereocenters. The number of ether oxygens (including phenoxy) is 1. The third-order valence-corrected chi connectivity index (χ3v) is 2.58. The lowest BCUT2D eigenvalue weighted by atomic mass is 10.2. The molecule has 5 heteroatoms. The van der Waals surface area contributed by atoms with Gasteiger partial charge >= 0.3 is 0 Å². The summed E-state index contributed by atoms with van der Waals surface area (Å²) in [7, 11) is 0. The van der Waals surface area contributed by atoms with E-state index in [1.165, 1.54) is 18.3 Å². The molecule has 0 unspecified atom stereocenters. The Morgan fingerprint density at radius 1 is 1.35 bits per heavy atom. The maximum atomic E-state index is 13.4. The lowest BCUT2D eigenvalue weighted by molar-refractivity contribution is 0.270. The number of aliphatic hydroxyl groups excluding tert-OH is 1. The number of aromatic nitrogens is 1. The molecule has 0 radical (unpaired) electrons. The van der Waals surface area contributed by atoms with Crippen LogP contribution in [0.1, 0.15) is 5.56 Å². The largest absolute Gasteiger partial charge is 0.455 e. The van der Waals surface area contributed by atoms with Gasteiger partial charge in [-0.2, -0.15) is 0 Å². The summed E-state index contributed by atoms with van der Waals surface area (Å²) in [5.74, 6) is 0.264. The molecule has 17 heavy (non-hydrogen) atoms. The van der Waals surface area contributed by atoms with E-state index in [4.69, 9.17) is 9.84 Å². The van der Waals surface area contributed by atoms with Crippen molar-refractivity contribution in [3.8, 4) is 11.5 Å². The third-order valence-electron chi connectivity index (χ3n) is 2.14. The van der Waals surface area contributed by atoms with E-state index in [9.17, 15) is 4.39 Å². The maximum absolute atomic E-state index is 13.4. The van der Waals surface area contributed by atoms with Gasteiger partial charge in [-0.25, -0.2) is 4.39 Å². The van der Waals surface area contributed by atoms with Crippen LogP contribution in [-0.4, -0.2) is 10.1 Å². The van der Waals surface area contributed by atoms with Gasteiger partial charge in [0, 0.05) is 10.7 Å². The molecule has 0 bridgehead atoms. The second kappa shape index (κ2) is 5.25. The number of rotatable bonds is 3. The molecule has 3 nitrogen and oxygen atoms in total. The van der Waals surface area contributed by atoms with E-state index in [-0.39, 0.29) is 11.3 Å². The zero-order valence-electron chi connectivity index (χ0n) is 8.73. The van der Waals surface area contributed by atoms with Crippen molar-refractivity contribution in [3.63, 3.8) is 0 Å². The van der Waals surface area contributed by atoms with E-state index in [0.29, 0.717) is 5.75 Å². The number of hydrogen-bond acceptors (Lipinski definition) is 3. The van der Waals surface area contributed by atoms with Gasteiger partial charge in [-0.3, -0.25) is 4.98 Å². The normalized spacial score (nSPS) is 10.3. The molecule has 0 fully saturated rings.